The van der Waals surface area contributed by atoms with Crippen LogP contribution in [0.2, 0.25) is 0 Å². The van der Waals surface area contributed by atoms with Crippen molar-refractivity contribution in [1.29, 1.82) is 0 Å². The molecule has 0 aromatic rings. The second-order valence-corrected chi connectivity index (χ2v) is 5.70. The van der Waals surface area contributed by atoms with Gasteiger partial charge in [0, 0.05) is 18.1 Å². The Kier molecular flexibility index (Phi) is 5.77. The van der Waals surface area contributed by atoms with Crippen LogP contribution in [0.25, 0.3) is 0 Å². The first kappa shape index (κ1) is 14.0. The summed E-state index contributed by atoms with van der Waals surface area (Å²) in [6, 6.07) is 2.21. The van der Waals surface area contributed by atoms with Crippen molar-refractivity contribution in [2.24, 2.45) is 5.92 Å². The van der Waals surface area contributed by atoms with E-state index in [4.69, 9.17) is 0 Å². The molecule has 0 amide bonds. The van der Waals surface area contributed by atoms with Gasteiger partial charge in [-0.05, 0) is 52.1 Å². The van der Waals surface area contributed by atoms with Gasteiger partial charge in [-0.15, -0.1) is 0 Å². The highest BCUT2D eigenvalue weighted by molar-refractivity contribution is 4.91. The summed E-state index contributed by atoms with van der Waals surface area (Å²) in [5.41, 5.74) is 0. The van der Waals surface area contributed by atoms with E-state index in [1.165, 1.54) is 32.2 Å². The molecule has 1 saturated carbocycles. The lowest BCUT2D eigenvalue weighted by atomic mass is 10.0. The predicted molar refractivity (Wildman–Crippen MR) is 71.8 cm³/mol. The van der Waals surface area contributed by atoms with Gasteiger partial charge in [-0.2, -0.15) is 0 Å². The van der Waals surface area contributed by atoms with E-state index >= 15 is 0 Å². The van der Waals surface area contributed by atoms with Gasteiger partial charge in [-0.1, -0.05) is 20.8 Å². The Labute approximate surface area is 102 Å². The zero-order chi connectivity index (χ0) is 12.1. The maximum absolute atomic E-state index is 3.46. The summed E-state index contributed by atoms with van der Waals surface area (Å²) in [4.78, 5) is 2.74. The number of hydrogen-bond donors (Lipinski definition) is 1. The smallest absolute Gasteiger partial charge is 0.0223 e. The first-order valence-electron chi connectivity index (χ1n) is 7.03. The van der Waals surface area contributed by atoms with Crippen LogP contribution < -0.4 is 5.32 Å². The minimum absolute atomic E-state index is 0.646. The minimum atomic E-state index is 0.646. The molecule has 96 valence electrons. The maximum atomic E-state index is 3.46. The lowest BCUT2D eigenvalue weighted by Gasteiger charge is -2.35. The Morgan fingerprint density at radius 2 is 1.88 bits per heavy atom. The van der Waals surface area contributed by atoms with Crippen LogP contribution in [0, 0.1) is 5.92 Å². The molecule has 0 spiro atoms. The number of rotatable bonds is 8. The highest BCUT2D eigenvalue weighted by Crippen LogP contribution is 2.30. The van der Waals surface area contributed by atoms with E-state index in [2.05, 4.69) is 45.0 Å². The monoisotopic (exact) mass is 226 g/mol. The average Bonchev–Trinajstić information content (AvgIpc) is 3.03. The van der Waals surface area contributed by atoms with E-state index in [-0.39, 0.29) is 0 Å². The van der Waals surface area contributed by atoms with Gasteiger partial charge in [-0.25, -0.2) is 0 Å². The molecule has 0 aromatic heterocycles. The van der Waals surface area contributed by atoms with E-state index in [1.54, 1.807) is 0 Å². The Morgan fingerprint density at radius 3 is 2.25 bits per heavy atom. The van der Waals surface area contributed by atoms with Crippen molar-refractivity contribution < 1.29 is 0 Å². The fourth-order valence-corrected chi connectivity index (χ4v) is 2.55. The molecular weight excluding hydrogens is 196 g/mol. The largest absolute Gasteiger partial charge is 0.315 e. The first-order chi connectivity index (χ1) is 7.60. The summed E-state index contributed by atoms with van der Waals surface area (Å²) in [5, 5.41) is 3.46. The van der Waals surface area contributed by atoms with Crippen LogP contribution in [0.1, 0.15) is 53.4 Å². The molecule has 0 radical (unpaired) electrons. The van der Waals surface area contributed by atoms with Gasteiger partial charge >= 0.3 is 0 Å². The van der Waals surface area contributed by atoms with Crippen molar-refractivity contribution in [3.05, 3.63) is 0 Å². The third kappa shape index (κ3) is 4.06. The fourth-order valence-electron chi connectivity index (χ4n) is 2.55. The quantitative estimate of drug-likeness (QED) is 0.684. The molecule has 1 fully saturated rings. The Morgan fingerprint density at radius 1 is 1.25 bits per heavy atom. The summed E-state index contributed by atoms with van der Waals surface area (Å²) < 4.78 is 0. The molecule has 1 aliphatic rings. The van der Waals surface area contributed by atoms with Crippen molar-refractivity contribution in [1.82, 2.24) is 10.2 Å². The van der Waals surface area contributed by atoms with Crippen molar-refractivity contribution in [3.8, 4) is 0 Å². The molecule has 0 bridgehead atoms. The second kappa shape index (κ2) is 6.61. The lowest BCUT2D eigenvalue weighted by molar-refractivity contribution is 0.152. The SMILES string of the molecule is CCC(NC)C(C)N(CCC(C)C)C1CC1. The topological polar surface area (TPSA) is 15.3 Å². The molecule has 0 aromatic carbocycles. The molecule has 0 heterocycles. The summed E-state index contributed by atoms with van der Waals surface area (Å²) >= 11 is 0. The Balaban J connectivity index is 2.47. The molecule has 1 rings (SSSR count). The summed E-state index contributed by atoms with van der Waals surface area (Å²) in [7, 11) is 2.10. The Bertz CT molecular complexity index is 183. The van der Waals surface area contributed by atoms with Gasteiger partial charge in [0.25, 0.3) is 0 Å². The summed E-state index contributed by atoms with van der Waals surface area (Å²) in [6.07, 6.45) is 5.40. The van der Waals surface area contributed by atoms with Gasteiger partial charge in [0.1, 0.15) is 0 Å². The van der Waals surface area contributed by atoms with E-state index in [1.807, 2.05) is 0 Å². The molecule has 0 saturated heterocycles. The molecule has 2 unspecified atom stereocenters. The highest BCUT2D eigenvalue weighted by atomic mass is 15.2. The normalized spacial score (nSPS) is 20.4. The van der Waals surface area contributed by atoms with Gasteiger partial charge < -0.3 is 5.32 Å². The van der Waals surface area contributed by atoms with Crippen molar-refractivity contribution in [3.63, 3.8) is 0 Å². The van der Waals surface area contributed by atoms with Crippen LogP contribution in [0.4, 0.5) is 0 Å². The molecular formula is C14H30N2. The van der Waals surface area contributed by atoms with Crippen LogP contribution in [0.5, 0.6) is 0 Å². The van der Waals surface area contributed by atoms with Crippen molar-refractivity contribution >= 4 is 0 Å². The van der Waals surface area contributed by atoms with Crippen molar-refractivity contribution in [2.75, 3.05) is 13.6 Å². The van der Waals surface area contributed by atoms with E-state index in [0.717, 1.165) is 12.0 Å². The molecule has 1 N–H and O–H groups in total. The highest BCUT2D eigenvalue weighted by Gasteiger charge is 2.34. The minimum Gasteiger partial charge on any atom is -0.315 e. The number of nitrogens with one attached hydrogen (secondary N) is 1. The van der Waals surface area contributed by atoms with Crippen LogP contribution in [0.3, 0.4) is 0 Å². The van der Waals surface area contributed by atoms with Crippen LogP contribution in [0.15, 0.2) is 0 Å². The maximum Gasteiger partial charge on any atom is 0.0223 e. The summed E-state index contributed by atoms with van der Waals surface area (Å²) in [6.45, 7) is 10.6. The van der Waals surface area contributed by atoms with Gasteiger partial charge in [0.05, 0.1) is 0 Å². The molecule has 1 aliphatic carbocycles. The number of hydrogen-bond acceptors (Lipinski definition) is 2. The van der Waals surface area contributed by atoms with Gasteiger partial charge in [-0.3, -0.25) is 4.90 Å². The fraction of sp³-hybridized carbons (Fsp3) is 1.00. The molecule has 2 heteroatoms. The predicted octanol–water partition coefficient (Wildman–Crippen LogP) is 2.88. The van der Waals surface area contributed by atoms with Crippen LogP contribution in [-0.4, -0.2) is 36.6 Å². The number of likely N-dealkylation sites (N-methyl/N-ethyl adjacent to an activating group) is 1. The average molecular weight is 226 g/mol. The third-order valence-corrected chi connectivity index (χ3v) is 3.90. The van der Waals surface area contributed by atoms with E-state index in [0.29, 0.717) is 12.1 Å². The molecule has 2 nitrogen and oxygen atoms in total. The zero-order valence-electron chi connectivity index (χ0n) is 11.8. The van der Waals surface area contributed by atoms with Gasteiger partial charge in [0.15, 0.2) is 0 Å². The molecule has 16 heavy (non-hydrogen) atoms. The van der Waals surface area contributed by atoms with Crippen molar-refractivity contribution in [2.45, 2.75) is 71.5 Å². The van der Waals surface area contributed by atoms with E-state index in [9.17, 15) is 0 Å². The van der Waals surface area contributed by atoms with Crippen LogP contribution in [-0.2, 0) is 0 Å². The van der Waals surface area contributed by atoms with Crippen LogP contribution >= 0.6 is 0 Å². The second-order valence-electron chi connectivity index (χ2n) is 5.70. The lowest BCUT2D eigenvalue weighted by Crippen LogP contribution is -2.48. The third-order valence-electron chi connectivity index (χ3n) is 3.90. The Hall–Kier alpha value is -0.0800. The van der Waals surface area contributed by atoms with Gasteiger partial charge in [0.2, 0.25) is 0 Å². The summed E-state index contributed by atoms with van der Waals surface area (Å²) in [5.74, 6) is 0.822. The number of nitrogens with zero attached hydrogens (tertiary/aromatic N) is 1. The van der Waals surface area contributed by atoms with E-state index < -0.39 is 0 Å². The first-order valence-corrected chi connectivity index (χ1v) is 7.03. The zero-order valence-corrected chi connectivity index (χ0v) is 11.8. The standard InChI is InChI=1S/C14H30N2/c1-6-14(15-5)12(4)16(13-7-8-13)10-9-11(2)3/h11-15H,6-10H2,1-5H3. The molecule has 0 aliphatic heterocycles. The molecule has 2 atom stereocenters.